The monoisotopic (exact) mass is 443 g/mol. The number of hydrogen-bond acceptors (Lipinski definition) is 7. The highest BCUT2D eigenvalue weighted by molar-refractivity contribution is 7.96. The molecule has 1 aliphatic heterocycles. The number of carbonyl (C=O) groups is 1. The number of fused-ring (bicyclic) bond motifs is 4. The van der Waals surface area contributed by atoms with E-state index in [1.807, 2.05) is 6.26 Å². The molecule has 4 rings (SSSR count). The summed E-state index contributed by atoms with van der Waals surface area (Å²) in [6.45, 7) is 0.925. The SMILES string of the molecule is COCc1c(C(C=O)OC)cc2n(c1=O)Cc1c-2nc2cc(F)ccc2c1CNSC. The number of pyridine rings is 2. The van der Waals surface area contributed by atoms with Gasteiger partial charge in [0.15, 0.2) is 6.29 Å². The zero-order valence-corrected chi connectivity index (χ0v) is 18.2. The van der Waals surface area contributed by atoms with Crippen molar-refractivity contribution in [2.24, 2.45) is 0 Å². The van der Waals surface area contributed by atoms with Crippen molar-refractivity contribution in [3.05, 3.63) is 62.7 Å². The lowest BCUT2D eigenvalue weighted by atomic mass is 9.99. The average molecular weight is 444 g/mol. The molecule has 31 heavy (non-hydrogen) atoms. The topological polar surface area (TPSA) is 82.5 Å². The number of rotatable bonds is 8. The largest absolute Gasteiger partial charge is 0.380 e. The van der Waals surface area contributed by atoms with Crippen LogP contribution in [0, 0.1) is 5.82 Å². The minimum absolute atomic E-state index is 0.0556. The number of hydrogen-bond donors (Lipinski definition) is 1. The van der Waals surface area contributed by atoms with Gasteiger partial charge in [0.05, 0.1) is 30.1 Å². The Kier molecular flexibility index (Phi) is 6.19. The van der Waals surface area contributed by atoms with Crippen LogP contribution in [0.1, 0.15) is 28.4 Å². The molecule has 3 aromatic rings. The van der Waals surface area contributed by atoms with Gasteiger partial charge in [0.1, 0.15) is 11.9 Å². The summed E-state index contributed by atoms with van der Waals surface area (Å²) in [6, 6.07) is 6.28. The van der Waals surface area contributed by atoms with E-state index in [1.54, 1.807) is 16.7 Å². The third-order valence-electron chi connectivity index (χ3n) is 5.53. The maximum atomic E-state index is 13.9. The Hall–Kier alpha value is -2.59. The van der Waals surface area contributed by atoms with Crippen molar-refractivity contribution in [1.82, 2.24) is 14.3 Å². The molecule has 0 bridgehead atoms. The van der Waals surface area contributed by atoms with E-state index in [9.17, 15) is 14.0 Å². The Morgan fingerprint density at radius 3 is 2.81 bits per heavy atom. The molecule has 0 spiro atoms. The fourth-order valence-corrected chi connectivity index (χ4v) is 4.38. The number of methoxy groups -OCH3 is 2. The van der Waals surface area contributed by atoms with Gasteiger partial charge in [-0.1, -0.05) is 11.9 Å². The summed E-state index contributed by atoms with van der Waals surface area (Å²) >= 11 is 1.48. The molecule has 162 valence electrons. The van der Waals surface area contributed by atoms with Gasteiger partial charge in [-0.15, -0.1) is 0 Å². The number of halogens is 1. The number of nitrogens with zero attached hydrogens (tertiary/aromatic N) is 2. The van der Waals surface area contributed by atoms with Crippen LogP contribution in [-0.4, -0.2) is 36.3 Å². The van der Waals surface area contributed by atoms with Crippen molar-refractivity contribution in [2.75, 3.05) is 20.5 Å². The van der Waals surface area contributed by atoms with Crippen LogP contribution < -0.4 is 10.3 Å². The van der Waals surface area contributed by atoms with Gasteiger partial charge in [-0.25, -0.2) is 9.37 Å². The van der Waals surface area contributed by atoms with Gasteiger partial charge in [0, 0.05) is 48.9 Å². The molecule has 0 fully saturated rings. The molecule has 0 saturated heterocycles. The molecule has 1 N–H and O–H groups in total. The quantitative estimate of drug-likeness (QED) is 0.331. The lowest BCUT2D eigenvalue weighted by Gasteiger charge is -2.16. The lowest BCUT2D eigenvalue weighted by Crippen LogP contribution is -2.27. The first kappa shape index (κ1) is 21.6. The predicted molar refractivity (Wildman–Crippen MR) is 117 cm³/mol. The van der Waals surface area contributed by atoms with Gasteiger partial charge in [-0.2, -0.15) is 0 Å². The first-order valence-corrected chi connectivity index (χ1v) is 10.9. The standard InChI is InChI=1S/C22H22FN3O4S/c1-29-11-17-14(20(10-27)30-2)7-19-21-16(9-26(19)22(17)28)15(8-24-31-3)13-5-4-12(23)6-18(13)25-21/h4-7,10,20,24H,8-9,11H2,1-3H3. The van der Waals surface area contributed by atoms with Crippen LogP contribution in [-0.2, 0) is 34.0 Å². The number of ether oxygens (including phenoxy) is 2. The van der Waals surface area contributed by atoms with Crippen molar-refractivity contribution in [2.45, 2.75) is 25.8 Å². The molecule has 0 aliphatic carbocycles. The minimum atomic E-state index is -0.900. The van der Waals surface area contributed by atoms with Gasteiger partial charge in [0.25, 0.3) is 5.56 Å². The third-order valence-corrected chi connectivity index (χ3v) is 5.96. The molecule has 0 amide bonds. The van der Waals surface area contributed by atoms with E-state index < -0.39 is 6.10 Å². The molecular formula is C22H22FN3O4S. The second-order valence-corrected chi connectivity index (χ2v) is 7.88. The Labute approximate surface area is 182 Å². The Balaban J connectivity index is 2.01. The average Bonchev–Trinajstić information content (AvgIpc) is 3.13. The van der Waals surface area contributed by atoms with Crippen molar-refractivity contribution in [3.8, 4) is 11.4 Å². The van der Waals surface area contributed by atoms with E-state index in [0.29, 0.717) is 47.4 Å². The summed E-state index contributed by atoms with van der Waals surface area (Å²) in [7, 11) is 2.91. The summed E-state index contributed by atoms with van der Waals surface area (Å²) in [5.74, 6) is -0.379. The second kappa shape index (κ2) is 8.88. The maximum absolute atomic E-state index is 13.9. The van der Waals surface area contributed by atoms with Gasteiger partial charge in [-0.05, 0) is 30.0 Å². The van der Waals surface area contributed by atoms with E-state index in [2.05, 4.69) is 4.72 Å². The number of nitrogens with one attached hydrogen (secondary N) is 1. The zero-order chi connectivity index (χ0) is 22.1. The number of aromatic nitrogens is 2. The van der Waals surface area contributed by atoms with Crippen LogP contribution in [0.5, 0.6) is 0 Å². The summed E-state index contributed by atoms with van der Waals surface area (Å²) in [6.07, 6.45) is 1.68. The first-order valence-electron chi connectivity index (χ1n) is 9.64. The van der Waals surface area contributed by atoms with Gasteiger partial charge < -0.3 is 18.8 Å². The molecule has 1 atom stereocenters. The zero-order valence-electron chi connectivity index (χ0n) is 17.4. The molecule has 2 aromatic heterocycles. The molecule has 9 heteroatoms. The van der Waals surface area contributed by atoms with Gasteiger partial charge >= 0.3 is 0 Å². The smallest absolute Gasteiger partial charge is 0.257 e. The number of aldehydes is 1. The van der Waals surface area contributed by atoms with Crippen LogP contribution in [0.4, 0.5) is 4.39 Å². The predicted octanol–water partition coefficient (Wildman–Crippen LogP) is 2.96. The van der Waals surface area contributed by atoms with Crippen molar-refractivity contribution < 1.29 is 18.7 Å². The second-order valence-electron chi connectivity index (χ2n) is 7.18. The van der Waals surface area contributed by atoms with Crippen LogP contribution in [0.3, 0.4) is 0 Å². The summed E-state index contributed by atoms with van der Waals surface area (Å²) in [5.41, 5.74) is 4.14. The highest BCUT2D eigenvalue weighted by Gasteiger charge is 2.29. The molecule has 1 aliphatic rings. The van der Waals surface area contributed by atoms with Gasteiger partial charge in [-0.3, -0.25) is 9.52 Å². The van der Waals surface area contributed by atoms with Crippen LogP contribution >= 0.6 is 11.9 Å². The van der Waals surface area contributed by atoms with E-state index in [0.717, 1.165) is 16.5 Å². The molecule has 0 saturated carbocycles. The minimum Gasteiger partial charge on any atom is -0.380 e. The summed E-state index contributed by atoms with van der Waals surface area (Å²) in [4.78, 5) is 29.6. The van der Waals surface area contributed by atoms with E-state index in [4.69, 9.17) is 14.5 Å². The Bertz CT molecular complexity index is 1230. The molecular weight excluding hydrogens is 421 g/mol. The normalized spacial score (nSPS) is 13.3. The third kappa shape index (κ3) is 3.67. The fourth-order valence-electron chi connectivity index (χ4n) is 4.09. The number of benzene rings is 1. The summed E-state index contributed by atoms with van der Waals surface area (Å²) in [5, 5.41) is 0.836. The molecule has 3 heterocycles. The number of carbonyl (C=O) groups excluding carboxylic acids is 1. The van der Waals surface area contributed by atoms with E-state index in [-0.39, 0.29) is 18.0 Å². The molecule has 1 unspecified atom stereocenters. The fraction of sp³-hybridized carbons (Fsp3) is 0.318. The van der Waals surface area contributed by atoms with E-state index in [1.165, 1.54) is 38.3 Å². The van der Waals surface area contributed by atoms with Crippen LogP contribution in [0.2, 0.25) is 0 Å². The summed E-state index contributed by atoms with van der Waals surface area (Å²) < 4.78 is 29.3. The van der Waals surface area contributed by atoms with Crippen LogP contribution in [0.15, 0.2) is 29.1 Å². The molecule has 7 nitrogen and oxygen atoms in total. The molecule has 1 aromatic carbocycles. The highest BCUT2D eigenvalue weighted by Crippen LogP contribution is 2.37. The van der Waals surface area contributed by atoms with Crippen LogP contribution in [0.25, 0.3) is 22.3 Å². The van der Waals surface area contributed by atoms with Gasteiger partial charge in [0.2, 0.25) is 0 Å². The Morgan fingerprint density at radius 1 is 1.32 bits per heavy atom. The Morgan fingerprint density at radius 2 is 2.13 bits per heavy atom. The molecule has 0 radical (unpaired) electrons. The van der Waals surface area contributed by atoms with E-state index >= 15 is 0 Å². The maximum Gasteiger partial charge on any atom is 0.257 e. The highest BCUT2D eigenvalue weighted by atomic mass is 32.2. The van der Waals surface area contributed by atoms with Crippen molar-refractivity contribution in [3.63, 3.8) is 0 Å². The lowest BCUT2D eigenvalue weighted by molar-refractivity contribution is -0.116. The van der Waals surface area contributed by atoms with Crippen molar-refractivity contribution >= 4 is 29.1 Å². The first-order chi connectivity index (χ1) is 15.0. The van der Waals surface area contributed by atoms with Crippen molar-refractivity contribution in [1.29, 1.82) is 0 Å².